The number of anilines is 1. The van der Waals surface area contributed by atoms with Gasteiger partial charge in [0.05, 0.1) is 12.3 Å². The molecular weight excluding hydrogens is 190 g/mol. The Hall–Kier alpha value is -1.51. The Balaban J connectivity index is 2.72. The number of nitrogens with one attached hydrogen (secondary N) is 1. The van der Waals surface area contributed by atoms with Crippen LogP contribution < -0.4 is 10.1 Å². The van der Waals surface area contributed by atoms with Crippen molar-refractivity contribution in [1.82, 2.24) is 0 Å². The van der Waals surface area contributed by atoms with Crippen molar-refractivity contribution in [3.63, 3.8) is 0 Å². The number of para-hydroxylation sites is 2. The highest BCUT2D eigenvalue weighted by atomic mass is 16.5. The van der Waals surface area contributed by atoms with E-state index in [0.717, 1.165) is 17.9 Å². The normalized spacial score (nSPS) is 9.73. The minimum atomic E-state index is 0.00236. The van der Waals surface area contributed by atoms with Crippen molar-refractivity contribution in [3.05, 3.63) is 24.3 Å². The van der Waals surface area contributed by atoms with Crippen LogP contribution in [-0.2, 0) is 4.79 Å². The zero-order chi connectivity index (χ0) is 11.1. The molecule has 1 amide bonds. The predicted octanol–water partition coefficient (Wildman–Crippen LogP) is 2.82. The first-order valence-corrected chi connectivity index (χ1v) is 5.29. The molecule has 0 saturated heterocycles. The van der Waals surface area contributed by atoms with Gasteiger partial charge in [0.2, 0.25) is 5.91 Å². The quantitative estimate of drug-likeness (QED) is 0.806. The fraction of sp³-hybridized carbons (Fsp3) is 0.417. The second-order valence-electron chi connectivity index (χ2n) is 3.25. The smallest absolute Gasteiger partial charge is 0.224 e. The lowest BCUT2D eigenvalue weighted by molar-refractivity contribution is -0.115. The van der Waals surface area contributed by atoms with Gasteiger partial charge in [-0.1, -0.05) is 26.0 Å². The van der Waals surface area contributed by atoms with Gasteiger partial charge in [0.15, 0.2) is 0 Å². The average Bonchev–Trinajstić information content (AvgIpc) is 2.28. The maximum Gasteiger partial charge on any atom is 0.224 e. The third kappa shape index (κ3) is 3.62. The predicted molar refractivity (Wildman–Crippen MR) is 61.1 cm³/mol. The number of benzene rings is 1. The molecule has 0 bridgehead atoms. The molecule has 3 heteroatoms. The second kappa shape index (κ2) is 6.06. The van der Waals surface area contributed by atoms with E-state index in [2.05, 4.69) is 5.32 Å². The zero-order valence-electron chi connectivity index (χ0n) is 9.25. The molecule has 1 aromatic carbocycles. The summed E-state index contributed by atoms with van der Waals surface area (Å²) in [6, 6.07) is 7.48. The summed E-state index contributed by atoms with van der Waals surface area (Å²) in [4.78, 5) is 11.2. The van der Waals surface area contributed by atoms with Crippen LogP contribution in [0.1, 0.15) is 26.7 Å². The van der Waals surface area contributed by atoms with Crippen molar-refractivity contribution in [2.75, 3.05) is 11.9 Å². The Morgan fingerprint density at radius 3 is 2.73 bits per heavy atom. The Bertz CT molecular complexity index is 323. The van der Waals surface area contributed by atoms with Gasteiger partial charge in [-0.25, -0.2) is 0 Å². The van der Waals surface area contributed by atoms with Gasteiger partial charge in [-0.15, -0.1) is 0 Å². The molecule has 1 rings (SSSR count). The molecule has 82 valence electrons. The summed E-state index contributed by atoms with van der Waals surface area (Å²) in [5, 5.41) is 2.81. The topological polar surface area (TPSA) is 38.3 Å². The van der Waals surface area contributed by atoms with E-state index < -0.39 is 0 Å². The number of hydrogen-bond donors (Lipinski definition) is 1. The van der Waals surface area contributed by atoms with Crippen LogP contribution in [0.3, 0.4) is 0 Å². The molecule has 0 heterocycles. The van der Waals surface area contributed by atoms with Gasteiger partial charge >= 0.3 is 0 Å². The molecule has 0 atom stereocenters. The van der Waals surface area contributed by atoms with Gasteiger partial charge in [-0.3, -0.25) is 4.79 Å². The van der Waals surface area contributed by atoms with Crippen molar-refractivity contribution in [2.45, 2.75) is 26.7 Å². The fourth-order valence-corrected chi connectivity index (χ4v) is 1.15. The van der Waals surface area contributed by atoms with Gasteiger partial charge in [0.25, 0.3) is 0 Å². The van der Waals surface area contributed by atoms with Crippen molar-refractivity contribution in [3.8, 4) is 5.75 Å². The lowest BCUT2D eigenvalue weighted by atomic mass is 10.3. The SMILES string of the molecule is CCCOc1ccccc1NC(=O)CC. The number of ether oxygens (including phenoxy) is 1. The van der Waals surface area contributed by atoms with E-state index in [0.29, 0.717) is 13.0 Å². The maximum atomic E-state index is 11.2. The molecule has 0 aliphatic carbocycles. The van der Waals surface area contributed by atoms with Crippen molar-refractivity contribution >= 4 is 11.6 Å². The average molecular weight is 207 g/mol. The molecule has 0 fully saturated rings. The third-order valence-corrected chi connectivity index (χ3v) is 1.94. The van der Waals surface area contributed by atoms with E-state index >= 15 is 0 Å². The van der Waals surface area contributed by atoms with Crippen LogP contribution in [0.4, 0.5) is 5.69 Å². The van der Waals surface area contributed by atoms with Gasteiger partial charge in [-0.2, -0.15) is 0 Å². The highest BCUT2D eigenvalue weighted by molar-refractivity contribution is 5.91. The highest BCUT2D eigenvalue weighted by Gasteiger charge is 2.04. The van der Waals surface area contributed by atoms with Crippen LogP contribution in [-0.4, -0.2) is 12.5 Å². The molecule has 0 radical (unpaired) electrons. The molecule has 0 unspecified atom stereocenters. The minimum Gasteiger partial charge on any atom is -0.491 e. The summed E-state index contributed by atoms with van der Waals surface area (Å²) in [7, 11) is 0. The molecule has 1 aromatic rings. The van der Waals surface area contributed by atoms with Gasteiger partial charge in [0, 0.05) is 6.42 Å². The molecule has 3 nitrogen and oxygen atoms in total. The first-order chi connectivity index (χ1) is 7.27. The van der Waals surface area contributed by atoms with E-state index in [1.807, 2.05) is 38.1 Å². The summed E-state index contributed by atoms with van der Waals surface area (Å²) in [5.41, 5.74) is 0.748. The van der Waals surface area contributed by atoms with Crippen LogP contribution in [0, 0.1) is 0 Å². The Morgan fingerprint density at radius 2 is 2.07 bits per heavy atom. The lowest BCUT2D eigenvalue weighted by Crippen LogP contribution is -2.10. The third-order valence-electron chi connectivity index (χ3n) is 1.94. The summed E-state index contributed by atoms with van der Waals surface area (Å²) < 4.78 is 5.52. The number of hydrogen-bond acceptors (Lipinski definition) is 2. The van der Waals surface area contributed by atoms with Crippen LogP contribution in [0.25, 0.3) is 0 Å². The van der Waals surface area contributed by atoms with Crippen molar-refractivity contribution < 1.29 is 9.53 Å². The van der Waals surface area contributed by atoms with Crippen LogP contribution >= 0.6 is 0 Å². The Morgan fingerprint density at radius 1 is 1.33 bits per heavy atom. The van der Waals surface area contributed by atoms with E-state index in [1.165, 1.54) is 0 Å². The Kier molecular flexibility index (Phi) is 4.68. The molecule has 0 aliphatic rings. The van der Waals surface area contributed by atoms with E-state index in [4.69, 9.17) is 4.74 Å². The lowest BCUT2D eigenvalue weighted by Gasteiger charge is -2.11. The van der Waals surface area contributed by atoms with Crippen LogP contribution in [0.2, 0.25) is 0 Å². The molecule has 0 aromatic heterocycles. The fourth-order valence-electron chi connectivity index (χ4n) is 1.15. The molecular formula is C12H17NO2. The molecule has 0 spiro atoms. The Labute approximate surface area is 90.4 Å². The van der Waals surface area contributed by atoms with E-state index in [9.17, 15) is 4.79 Å². The zero-order valence-corrected chi connectivity index (χ0v) is 9.25. The number of carbonyl (C=O) groups excluding carboxylic acids is 1. The minimum absolute atomic E-state index is 0.00236. The summed E-state index contributed by atoms with van der Waals surface area (Å²) in [5.74, 6) is 0.740. The molecule has 15 heavy (non-hydrogen) atoms. The number of rotatable bonds is 5. The summed E-state index contributed by atoms with van der Waals surface area (Å²) in [6.07, 6.45) is 1.43. The summed E-state index contributed by atoms with van der Waals surface area (Å²) >= 11 is 0. The van der Waals surface area contributed by atoms with Crippen molar-refractivity contribution in [1.29, 1.82) is 0 Å². The number of carbonyl (C=O) groups is 1. The molecule has 1 N–H and O–H groups in total. The summed E-state index contributed by atoms with van der Waals surface area (Å²) in [6.45, 7) is 4.54. The van der Waals surface area contributed by atoms with Crippen LogP contribution in [0.5, 0.6) is 5.75 Å². The van der Waals surface area contributed by atoms with E-state index in [-0.39, 0.29) is 5.91 Å². The molecule has 0 saturated carbocycles. The standard InChI is InChI=1S/C12H17NO2/c1-3-9-15-11-8-6-5-7-10(11)13-12(14)4-2/h5-8H,3-4,9H2,1-2H3,(H,13,14). The largest absolute Gasteiger partial charge is 0.491 e. The highest BCUT2D eigenvalue weighted by Crippen LogP contribution is 2.23. The van der Waals surface area contributed by atoms with Gasteiger partial charge in [-0.05, 0) is 18.6 Å². The molecule has 0 aliphatic heterocycles. The maximum absolute atomic E-state index is 11.2. The van der Waals surface area contributed by atoms with E-state index in [1.54, 1.807) is 0 Å². The van der Waals surface area contributed by atoms with Crippen molar-refractivity contribution in [2.24, 2.45) is 0 Å². The second-order valence-corrected chi connectivity index (χ2v) is 3.25. The number of amides is 1. The van der Waals surface area contributed by atoms with Gasteiger partial charge in [0.1, 0.15) is 5.75 Å². The van der Waals surface area contributed by atoms with Gasteiger partial charge < -0.3 is 10.1 Å². The van der Waals surface area contributed by atoms with Crippen LogP contribution in [0.15, 0.2) is 24.3 Å². The first kappa shape index (κ1) is 11.6. The first-order valence-electron chi connectivity index (χ1n) is 5.29. The monoisotopic (exact) mass is 207 g/mol.